The van der Waals surface area contributed by atoms with Gasteiger partial charge in [-0.3, -0.25) is 0 Å². The molecule has 0 aliphatic rings. The first-order valence-corrected chi connectivity index (χ1v) is 7.61. The summed E-state index contributed by atoms with van der Waals surface area (Å²) in [5, 5.41) is 14.1. The second kappa shape index (κ2) is 7.49. The Hall–Kier alpha value is -1.65. The van der Waals surface area contributed by atoms with E-state index >= 15 is 0 Å². The third-order valence-electron chi connectivity index (χ3n) is 2.87. The van der Waals surface area contributed by atoms with Crippen LogP contribution in [0.1, 0.15) is 13.3 Å². The number of aliphatic hydroxyl groups excluding tert-OH is 1. The maximum absolute atomic E-state index is 12.4. The molecule has 1 atom stereocenters. The van der Waals surface area contributed by atoms with Crippen molar-refractivity contribution in [2.24, 2.45) is 0 Å². The minimum Gasteiger partial charge on any atom is -0.382 e. The Balaban J connectivity index is 2.41. The molecule has 0 bridgehead atoms. The number of halogens is 5. The van der Waals surface area contributed by atoms with E-state index in [1.165, 1.54) is 0 Å². The summed E-state index contributed by atoms with van der Waals surface area (Å²) in [7, 11) is 0. The summed E-state index contributed by atoms with van der Waals surface area (Å²) in [5.41, 5.74) is 0.296. The molecule has 2 heterocycles. The number of hydrogen-bond donors (Lipinski definition) is 3. The van der Waals surface area contributed by atoms with Crippen molar-refractivity contribution in [3.8, 4) is 0 Å². The zero-order chi connectivity index (χ0) is 17.9. The van der Waals surface area contributed by atoms with E-state index in [0.717, 1.165) is 6.42 Å². The van der Waals surface area contributed by atoms with Gasteiger partial charge in [-0.2, -0.15) is 23.1 Å². The van der Waals surface area contributed by atoms with Crippen LogP contribution in [0.5, 0.6) is 0 Å². The molecule has 2 rings (SSSR count). The minimum absolute atomic E-state index is 0.0860. The molecule has 0 aromatic carbocycles. The molecule has 0 radical (unpaired) electrons. The molecule has 0 aliphatic carbocycles. The van der Waals surface area contributed by atoms with Gasteiger partial charge in [0.2, 0.25) is 10.6 Å². The van der Waals surface area contributed by atoms with Gasteiger partial charge in [0.05, 0.1) is 6.54 Å². The monoisotopic (exact) mass is 384 g/mol. The lowest BCUT2D eigenvalue weighted by Gasteiger charge is -2.16. The van der Waals surface area contributed by atoms with Crippen LogP contribution >= 0.6 is 23.2 Å². The topological polar surface area (TPSA) is 95.9 Å². The number of nitrogens with one attached hydrogen (secondary N) is 2. The van der Waals surface area contributed by atoms with E-state index in [2.05, 4.69) is 30.6 Å². The first-order chi connectivity index (χ1) is 11.2. The average molecular weight is 385 g/mol. The summed E-state index contributed by atoms with van der Waals surface area (Å²) in [4.78, 5) is 15.7. The second-order valence-electron chi connectivity index (χ2n) is 4.74. The summed E-state index contributed by atoms with van der Waals surface area (Å²) >= 11 is 11.7. The van der Waals surface area contributed by atoms with Crippen LogP contribution in [0.25, 0.3) is 11.0 Å². The number of anilines is 2. The lowest BCUT2D eigenvalue weighted by molar-refractivity contribution is -0.198. The van der Waals surface area contributed by atoms with Crippen LogP contribution < -0.4 is 10.6 Å². The maximum Gasteiger partial charge on any atom is 0.416 e. The summed E-state index contributed by atoms with van der Waals surface area (Å²) < 4.78 is 37.2. The van der Waals surface area contributed by atoms with Gasteiger partial charge in [0.1, 0.15) is 11.0 Å². The number of hydrogen-bond acceptors (Lipinski definition) is 7. The standard InChI is InChI=1S/C12H13Cl2F3N6O/c1-2-3-18-8-6-7(21-10(13)22-8)9(23-11(14)20-6)19-4-5(24)12(15,16)17/h5,24H,2-4H2,1H3,(H,18,21,22)(H,19,20,23). The van der Waals surface area contributed by atoms with Gasteiger partial charge >= 0.3 is 6.18 Å². The zero-order valence-electron chi connectivity index (χ0n) is 12.3. The maximum atomic E-state index is 12.4. The molecule has 24 heavy (non-hydrogen) atoms. The molecule has 0 aliphatic heterocycles. The minimum atomic E-state index is -4.76. The van der Waals surface area contributed by atoms with Crippen molar-refractivity contribution < 1.29 is 18.3 Å². The van der Waals surface area contributed by atoms with Crippen LogP contribution in [0.15, 0.2) is 0 Å². The molecule has 3 N–H and O–H groups in total. The molecule has 2 aromatic heterocycles. The van der Waals surface area contributed by atoms with Crippen LogP contribution in [-0.2, 0) is 0 Å². The van der Waals surface area contributed by atoms with Gasteiger partial charge in [-0.1, -0.05) is 6.92 Å². The molecule has 0 fully saturated rings. The summed E-state index contributed by atoms with van der Waals surface area (Å²) in [6.45, 7) is 1.68. The molecule has 12 heteroatoms. The highest BCUT2D eigenvalue weighted by molar-refractivity contribution is 6.30. The van der Waals surface area contributed by atoms with E-state index in [1.54, 1.807) is 0 Å². The number of rotatable bonds is 6. The highest BCUT2D eigenvalue weighted by Crippen LogP contribution is 2.27. The Morgan fingerprint density at radius 2 is 1.50 bits per heavy atom. The summed E-state index contributed by atoms with van der Waals surface area (Å²) in [6.07, 6.45) is -6.54. The first-order valence-electron chi connectivity index (χ1n) is 6.85. The molecule has 0 spiro atoms. The Morgan fingerprint density at radius 3 is 1.96 bits per heavy atom. The van der Waals surface area contributed by atoms with Crippen LogP contribution in [0.3, 0.4) is 0 Å². The third-order valence-corrected chi connectivity index (χ3v) is 3.21. The summed E-state index contributed by atoms with van der Waals surface area (Å²) in [5.74, 6) is 0.202. The fourth-order valence-electron chi connectivity index (χ4n) is 1.76. The van der Waals surface area contributed by atoms with Crippen molar-refractivity contribution in [2.75, 3.05) is 23.7 Å². The fourth-order valence-corrected chi connectivity index (χ4v) is 2.10. The molecule has 1 unspecified atom stereocenters. The zero-order valence-corrected chi connectivity index (χ0v) is 13.8. The van der Waals surface area contributed by atoms with Gasteiger partial charge in [0, 0.05) is 6.54 Å². The fraction of sp³-hybridized carbons (Fsp3) is 0.500. The number of alkyl halides is 3. The Bertz CT molecular complexity index is 730. The molecular formula is C12H13Cl2F3N6O. The third kappa shape index (κ3) is 4.46. The van der Waals surface area contributed by atoms with Gasteiger partial charge in [0.25, 0.3) is 0 Å². The predicted molar refractivity (Wildman–Crippen MR) is 84.5 cm³/mol. The second-order valence-corrected chi connectivity index (χ2v) is 5.42. The van der Waals surface area contributed by atoms with Crippen molar-refractivity contribution in [3.63, 3.8) is 0 Å². The number of nitrogens with zero attached hydrogens (tertiary/aromatic N) is 4. The van der Waals surface area contributed by atoms with Crippen LogP contribution in [0, 0.1) is 0 Å². The van der Waals surface area contributed by atoms with Crippen molar-refractivity contribution in [1.29, 1.82) is 0 Å². The Kier molecular flexibility index (Phi) is 5.83. The number of fused-ring (bicyclic) bond motifs is 1. The molecule has 2 aromatic rings. The van der Waals surface area contributed by atoms with Crippen molar-refractivity contribution in [2.45, 2.75) is 25.6 Å². The van der Waals surface area contributed by atoms with Gasteiger partial charge in [-0.25, -0.2) is 9.97 Å². The van der Waals surface area contributed by atoms with E-state index in [1.807, 2.05) is 6.92 Å². The van der Waals surface area contributed by atoms with Crippen molar-refractivity contribution >= 4 is 45.9 Å². The smallest absolute Gasteiger partial charge is 0.382 e. The predicted octanol–water partition coefficient (Wildman–Crippen LogP) is 2.88. The molecule has 7 nitrogen and oxygen atoms in total. The van der Waals surface area contributed by atoms with Crippen molar-refractivity contribution in [3.05, 3.63) is 10.6 Å². The number of aliphatic hydroxyl groups is 1. The highest BCUT2D eigenvalue weighted by atomic mass is 35.5. The molecular weight excluding hydrogens is 372 g/mol. The van der Waals surface area contributed by atoms with Gasteiger partial charge in [-0.05, 0) is 29.6 Å². The SMILES string of the molecule is CCCNc1nc(Cl)nc2c(NCC(O)C(F)(F)F)nc(Cl)nc12. The quantitative estimate of drug-likeness (QED) is 0.658. The first kappa shape index (κ1) is 18.7. The largest absolute Gasteiger partial charge is 0.416 e. The molecule has 0 amide bonds. The van der Waals surface area contributed by atoms with Gasteiger partial charge in [0.15, 0.2) is 17.7 Å². The van der Waals surface area contributed by atoms with E-state index in [4.69, 9.17) is 28.3 Å². The van der Waals surface area contributed by atoms with E-state index < -0.39 is 18.8 Å². The molecule has 132 valence electrons. The average Bonchev–Trinajstić information content (AvgIpc) is 2.49. The molecule has 0 saturated carbocycles. The Labute approximate surface area is 144 Å². The molecule has 0 saturated heterocycles. The van der Waals surface area contributed by atoms with Crippen LogP contribution in [0.2, 0.25) is 10.6 Å². The highest BCUT2D eigenvalue weighted by Gasteiger charge is 2.38. The van der Waals surface area contributed by atoms with Gasteiger partial charge < -0.3 is 15.7 Å². The van der Waals surface area contributed by atoms with E-state index in [9.17, 15) is 13.2 Å². The lowest BCUT2D eigenvalue weighted by Crippen LogP contribution is -2.35. The summed E-state index contributed by atoms with van der Waals surface area (Å²) in [6, 6.07) is 0. The lowest BCUT2D eigenvalue weighted by atomic mass is 10.3. The Morgan fingerprint density at radius 1 is 1.00 bits per heavy atom. The number of aromatic nitrogens is 4. The van der Waals surface area contributed by atoms with Gasteiger partial charge in [-0.15, -0.1) is 0 Å². The normalized spacial score (nSPS) is 13.1. The van der Waals surface area contributed by atoms with Crippen LogP contribution in [0.4, 0.5) is 24.8 Å². The van der Waals surface area contributed by atoms with Crippen molar-refractivity contribution in [1.82, 2.24) is 19.9 Å². The van der Waals surface area contributed by atoms with E-state index in [-0.39, 0.29) is 33.2 Å². The van der Waals surface area contributed by atoms with Crippen LogP contribution in [-0.4, -0.2) is 50.4 Å². The van der Waals surface area contributed by atoms with E-state index in [0.29, 0.717) is 6.54 Å².